The van der Waals surface area contributed by atoms with Crippen molar-refractivity contribution < 1.29 is 20.1 Å². The number of anilines is 1. The van der Waals surface area contributed by atoms with Crippen LogP contribution in [-0.2, 0) is 10.2 Å². The van der Waals surface area contributed by atoms with Crippen molar-refractivity contribution in [1.29, 1.82) is 0 Å². The van der Waals surface area contributed by atoms with Gasteiger partial charge in [-0.2, -0.15) is 0 Å². The third-order valence-electron chi connectivity index (χ3n) is 6.31. The summed E-state index contributed by atoms with van der Waals surface area (Å²) in [6.07, 6.45) is 1.09. The summed E-state index contributed by atoms with van der Waals surface area (Å²) >= 11 is 0. The smallest absolute Gasteiger partial charge is 0.167 e. The van der Waals surface area contributed by atoms with Crippen molar-refractivity contribution in [3.05, 3.63) is 48.0 Å². The van der Waals surface area contributed by atoms with Crippen molar-refractivity contribution in [2.75, 3.05) is 18.5 Å². The Hall–Kier alpha value is -2.59. The van der Waals surface area contributed by atoms with E-state index in [1.54, 1.807) is 4.57 Å². The maximum Gasteiger partial charge on any atom is 0.167 e. The van der Waals surface area contributed by atoms with E-state index in [2.05, 4.69) is 51.5 Å². The molecule has 0 amide bonds. The summed E-state index contributed by atoms with van der Waals surface area (Å²) in [5.74, 6) is 0.616. The largest absolute Gasteiger partial charge is 0.394 e. The molecule has 3 aromatic rings. The summed E-state index contributed by atoms with van der Waals surface area (Å²) in [6, 6.07) is 8.46. The van der Waals surface area contributed by atoms with Gasteiger partial charge in [-0.25, -0.2) is 15.0 Å². The standard InChI is InChI=1S/C21H25N5O4/c1-12-4-2-3-5-13(12)21(6-7-21)9-22-18-15-19(24-10-23-18)26(11-25-15)20-17(29)16(28)14(8-27)30-20/h2-5,10-11,14,16-17,20,27-29H,6-9H2,1H3,(H,22,23,24)/t14-,16?,17?,20-/m1/s1. The molecule has 2 unspecified atom stereocenters. The number of ether oxygens (including phenoxy) is 1. The molecule has 9 heteroatoms. The number of hydrogen-bond donors (Lipinski definition) is 4. The Labute approximate surface area is 173 Å². The van der Waals surface area contributed by atoms with E-state index in [-0.39, 0.29) is 12.0 Å². The van der Waals surface area contributed by atoms with Gasteiger partial charge in [-0.1, -0.05) is 24.3 Å². The molecule has 1 aliphatic carbocycles. The number of fused-ring (bicyclic) bond motifs is 1. The molecule has 0 bridgehead atoms. The lowest BCUT2D eigenvalue weighted by Gasteiger charge is -2.19. The molecule has 1 saturated carbocycles. The lowest BCUT2D eigenvalue weighted by Crippen LogP contribution is -2.33. The molecule has 0 spiro atoms. The molecule has 1 saturated heterocycles. The summed E-state index contributed by atoms with van der Waals surface area (Å²) in [5.41, 5.74) is 3.81. The zero-order valence-corrected chi connectivity index (χ0v) is 16.6. The van der Waals surface area contributed by atoms with Crippen LogP contribution in [-0.4, -0.2) is 66.3 Å². The van der Waals surface area contributed by atoms with E-state index in [0.717, 1.165) is 19.4 Å². The van der Waals surface area contributed by atoms with Crippen molar-refractivity contribution in [2.24, 2.45) is 0 Å². The molecule has 3 heterocycles. The van der Waals surface area contributed by atoms with Gasteiger partial charge in [0.05, 0.1) is 12.9 Å². The highest BCUT2D eigenvalue weighted by atomic mass is 16.6. The van der Waals surface area contributed by atoms with E-state index in [1.165, 1.54) is 23.8 Å². The molecule has 4 atom stereocenters. The number of hydrogen-bond acceptors (Lipinski definition) is 8. The van der Waals surface area contributed by atoms with Crippen molar-refractivity contribution in [1.82, 2.24) is 19.5 Å². The van der Waals surface area contributed by atoms with Crippen molar-refractivity contribution in [3.63, 3.8) is 0 Å². The molecule has 1 aliphatic heterocycles. The van der Waals surface area contributed by atoms with Gasteiger partial charge in [0.15, 0.2) is 23.2 Å². The van der Waals surface area contributed by atoms with Crippen LogP contribution in [0.2, 0.25) is 0 Å². The molecule has 4 N–H and O–H groups in total. The number of aliphatic hydroxyl groups is 3. The first-order valence-electron chi connectivity index (χ1n) is 10.1. The van der Waals surface area contributed by atoms with Gasteiger partial charge < -0.3 is 25.4 Å². The molecule has 9 nitrogen and oxygen atoms in total. The van der Waals surface area contributed by atoms with Gasteiger partial charge in [0.1, 0.15) is 24.6 Å². The molecule has 2 aliphatic rings. The fourth-order valence-electron chi connectivity index (χ4n) is 4.39. The third-order valence-corrected chi connectivity index (χ3v) is 6.31. The molecular formula is C21H25N5O4. The number of rotatable bonds is 6. The number of aromatic nitrogens is 4. The minimum atomic E-state index is -1.19. The van der Waals surface area contributed by atoms with Gasteiger partial charge >= 0.3 is 0 Å². The normalized spacial score (nSPS) is 27.5. The van der Waals surface area contributed by atoms with Crippen LogP contribution in [0, 0.1) is 6.92 Å². The quantitative estimate of drug-likeness (QED) is 0.471. The monoisotopic (exact) mass is 411 g/mol. The van der Waals surface area contributed by atoms with Gasteiger partial charge in [0.2, 0.25) is 0 Å². The summed E-state index contributed by atoms with van der Waals surface area (Å²) in [4.78, 5) is 13.1. The van der Waals surface area contributed by atoms with Crippen LogP contribution in [0.15, 0.2) is 36.9 Å². The van der Waals surface area contributed by atoms with Crippen molar-refractivity contribution in [3.8, 4) is 0 Å². The Balaban J connectivity index is 1.40. The Kier molecular flexibility index (Phi) is 4.70. The summed E-state index contributed by atoms with van der Waals surface area (Å²) in [6.45, 7) is 2.50. The lowest BCUT2D eigenvalue weighted by molar-refractivity contribution is -0.0511. The zero-order valence-electron chi connectivity index (χ0n) is 16.6. The predicted molar refractivity (Wildman–Crippen MR) is 109 cm³/mol. The first kappa shape index (κ1) is 19.4. The van der Waals surface area contributed by atoms with Crippen LogP contribution in [0.4, 0.5) is 5.82 Å². The van der Waals surface area contributed by atoms with Crippen LogP contribution in [0.1, 0.15) is 30.2 Å². The number of nitrogens with zero attached hydrogens (tertiary/aromatic N) is 4. The first-order valence-corrected chi connectivity index (χ1v) is 10.1. The Bertz CT molecular complexity index is 1070. The van der Waals surface area contributed by atoms with Crippen molar-refractivity contribution >= 4 is 17.0 Å². The van der Waals surface area contributed by atoms with Gasteiger partial charge in [0, 0.05) is 12.0 Å². The topological polar surface area (TPSA) is 126 Å². The highest BCUT2D eigenvalue weighted by molar-refractivity contribution is 5.82. The van der Waals surface area contributed by atoms with Crippen LogP contribution in [0.5, 0.6) is 0 Å². The third kappa shape index (κ3) is 3.05. The van der Waals surface area contributed by atoms with Crippen LogP contribution >= 0.6 is 0 Å². The second kappa shape index (κ2) is 7.28. The number of aliphatic hydroxyl groups excluding tert-OH is 3. The molecule has 1 aromatic carbocycles. The highest BCUT2D eigenvalue weighted by Crippen LogP contribution is 2.49. The number of aryl methyl sites for hydroxylation is 1. The average Bonchev–Trinajstić information content (AvgIpc) is 3.34. The van der Waals surface area contributed by atoms with E-state index >= 15 is 0 Å². The zero-order chi connectivity index (χ0) is 20.9. The molecule has 5 rings (SSSR count). The average molecular weight is 411 g/mol. The molecule has 2 fully saturated rings. The second-order valence-electron chi connectivity index (χ2n) is 8.22. The Morgan fingerprint density at radius 3 is 2.67 bits per heavy atom. The van der Waals surface area contributed by atoms with Gasteiger partial charge in [0.25, 0.3) is 0 Å². The molecule has 30 heavy (non-hydrogen) atoms. The van der Waals surface area contributed by atoms with E-state index in [0.29, 0.717) is 17.0 Å². The molecule has 0 radical (unpaired) electrons. The minimum Gasteiger partial charge on any atom is -0.394 e. The van der Waals surface area contributed by atoms with E-state index in [4.69, 9.17) is 4.74 Å². The molecular weight excluding hydrogens is 386 g/mol. The fourth-order valence-corrected chi connectivity index (χ4v) is 4.39. The SMILES string of the molecule is Cc1ccccc1C1(CNc2ncnc3c2ncn3[C@@H]2O[C@H](CO)C(O)C2O)CC1. The minimum absolute atomic E-state index is 0.106. The van der Waals surface area contributed by atoms with E-state index < -0.39 is 24.5 Å². The van der Waals surface area contributed by atoms with Gasteiger partial charge in [-0.3, -0.25) is 4.57 Å². The Morgan fingerprint density at radius 2 is 1.97 bits per heavy atom. The number of imidazole rings is 1. The first-order chi connectivity index (χ1) is 14.5. The predicted octanol–water partition coefficient (Wildman–Crippen LogP) is 0.890. The van der Waals surface area contributed by atoms with Crippen LogP contribution < -0.4 is 5.32 Å². The molecule has 158 valence electrons. The summed E-state index contributed by atoms with van der Waals surface area (Å²) < 4.78 is 7.18. The fraction of sp³-hybridized carbons (Fsp3) is 0.476. The maximum absolute atomic E-state index is 10.3. The maximum atomic E-state index is 10.3. The van der Waals surface area contributed by atoms with Gasteiger partial charge in [-0.05, 0) is 30.9 Å². The highest BCUT2D eigenvalue weighted by Gasteiger charge is 2.45. The van der Waals surface area contributed by atoms with Crippen molar-refractivity contribution in [2.45, 2.75) is 49.7 Å². The van der Waals surface area contributed by atoms with Crippen LogP contribution in [0.3, 0.4) is 0 Å². The Morgan fingerprint density at radius 1 is 1.17 bits per heavy atom. The number of benzene rings is 1. The second-order valence-corrected chi connectivity index (χ2v) is 8.22. The lowest BCUT2D eigenvalue weighted by atomic mass is 9.92. The summed E-state index contributed by atoms with van der Waals surface area (Å²) in [7, 11) is 0. The van der Waals surface area contributed by atoms with E-state index in [1.807, 2.05) is 0 Å². The van der Waals surface area contributed by atoms with Crippen LogP contribution in [0.25, 0.3) is 11.2 Å². The van der Waals surface area contributed by atoms with E-state index in [9.17, 15) is 15.3 Å². The molecule has 2 aromatic heterocycles. The van der Waals surface area contributed by atoms with Gasteiger partial charge in [-0.15, -0.1) is 0 Å². The summed E-state index contributed by atoms with van der Waals surface area (Å²) in [5, 5.41) is 33.2. The number of nitrogens with one attached hydrogen (secondary N) is 1.